The molecule has 88 valence electrons. The van der Waals surface area contributed by atoms with E-state index in [4.69, 9.17) is 0 Å². The van der Waals surface area contributed by atoms with Gasteiger partial charge in [-0.05, 0) is 5.92 Å². The average Bonchev–Trinajstić information content (AvgIpc) is 2.91. The van der Waals surface area contributed by atoms with Crippen LogP contribution < -0.4 is 0 Å². The van der Waals surface area contributed by atoms with E-state index in [1.807, 2.05) is 0 Å². The summed E-state index contributed by atoms with van der Waals surface area (Å²) in [6.07, 6.45) is 11.2. The average molecular weight is 200 g/mol. The molecule has 0 aromatic heterocycles. The van der Waals surface area contributed by atoms with E-state index in [0.29, 0.717) is 0 Å². The zero-order valence-electron chi connectivity index (χ0n) is 11.2. The van der Waals surface area contributed by atoms with Crippen LogP contribution in [-0.4, -0.2) is 0 Å². The van der Waals surface area contributed by atoms with E-state index in [2.05, 4.69) is 34.6 Å². The lowest BCUT2D eigenvalue weighted by molar-refractivity contribution is 0.656. The molecule has 1 fully saturated rings. The molecule has 0 radical (unpaired) electrons. The second kappa shape index (κ2) is 15.5. The fraction of sp³-hybridized carbons (Fsp3) is 1.00. The predicted octanol–water partition coefficient (Wildman–Crippen LogP) is 5.81. The third-order valence-corrected chi connectivity index (χ3v) is 2.07. The van der Waals surface area contributed by atoms with Crippen molar-refractivity contribution in [3.8, 4) is 0 Å². The van der Waals surface area contributed by atoms with Crippen molar-refractivity contribution in [1.29, 1.82) is 0 Å². The van der Waals surface area contributed by atoms with Crippen LogP contribution in [0.5, 0.6) is 0 Å². The van der Waals surface area contributed by atoms with Crippen molar-refractivity contribution in [2.45, 2.75) is 86.0 Å². The van der Waals surface area contributed by atoms with Crippen LogP contribution in [0.4, 0.5) is 0 Å². The highest BCUT2D eigenvalue weighted by molar-refractivity contribution is 4.65. The van der Waals surface area contributed by atoms with Gasteiger partial charge in [0.05, 0.1) is 0 Å². The van der Waals surface area contributed by atoms with Gasteiger partial charge in [0.1, 0.15) is 0 Å². The number of unbranched alkanes of at least 4 members (excludes halogenated alkanes) is 4. The first-order chi connectivity index (χ1) is 6.72. The molecule has 0 heteroatoms. The number of rotatable bonds is 4. The monoisotopic (exact) mass is 200 g/mol. The molecule has 0 unspecified atom stereocenters. The maximum Gasteiger partial charge on any atom is -0.0443 e. The van der Waals surface area contributed by atoms with Crippen molar-refractivity contribution in [2.24, 2.45) is 5.92 Å². The fourth-order valence-corrected chi connectivity index (χ4v) is 0.843. The molecule has 0 amide bonds. The van der Waals surface area contributed by atoms with Crippen LogP contribution in [0.15, 0.2) is 0 Å². The van der Waals surface area contributed by atoms with Crippen molar-refractivity contribution in [1.82, 2.24) is 0 Å². The van der Waals surface area contributed by atoms with Gasteiger partial charge in [0.25, 0.3) is 0 Å². The van der Waals surface area contributed by atoms with Gasteiger partial charge in [-0.25, -0.2) is 0 Å². The minimum atomic E-state index is 1.08. The van der Waals surface area contributed by atoms with Crippen LogP contribution in [0.2, 0.25) is 0 Å². The lowest BCUT2D eigenvalue weighted by Crippen LogP contribution is -1.70. The molecule has 1 aliphatic carbocycles. The zero-order valence-corrected chi connectivity index (χ0v) is 11.2. The summed E-state index contributed by atoms with van der Waals surface area (Å²) in [4.78, 5) is 0. The topological polar surface area (TPSA) is 0 Å². The normalized spacial score (nSPS) is 13.5. The summed E-state index contributed by atoms with van der Waals surface area (Å²) < 4.78 is 0. The van der Waals surface area contributed by atoms with Gasteiger partial charge in [-0.3, -0.25) is 0 Å². The van der Waals surface area contributed by atoms with Crippen LogP contribution in [0, 0.1) is 5.92 Å². The molecule has 0 saturated heterocycles. The van der Waals surface area contributed by atoms with Gasteiger partial charge in [-0.1, -0.05) is 86.0 Å². The Morgan fingerprint density at radius 2 is 1.07 bits per heavy atom. The molecule has 0 bridgehead atoms. The Balaban J connectivity index is 0. The van der Waals surface area contributed by atoms with Gasteiger partial charge < -0.3 is 0 Å². The minimum Gasteiger partial charge on any atom is -0.0656 e. The van der Waals surface area contributed by atoms with Crippen molar-refractivity contribution in [3.63, 3.8) is 0 Å². The molecule has 0 nitrogen and oxygen atoms in total. The molecular weight excluding hydrogens is 168 g/mol. The Hall–Kier alpha value is 0. The van der Waals surface area contributed by atoms with Crippen molar-refractivity contribution in [2.75, 3.05) is 0 Å². The van der Waals surface area contributed by atoms with Crippen LogP contribution in [-0.2, 0) is 0 Å². The molecule has 0 heterocycles. The quantitative estimate of drug-likeness (QED) is 0.502. The predicted molar refractivity (Wildman–Crippen MR) is 68.8 cm³/mol. The van der Waals surface area contributed by atoms with E-state index in [1.54, 1.807) is 0 Å². The first kappa shape index (κ1) is 16.4. The SMILES string of the molecule is CC1CC1.CCC.CCCCCCC. The van der Waals surface area contributed by atoms with Gasteiger partial charge in [0.2, 0.25) is 0 Å². The first-order valence-corrected chi connectivity index (χ1v) is 6.72. The van der Waals surface area contributed by atoms with E-state index >= 15 is 0 Å². The van der Waals surface area contributed by atoms with Gasteiger partial charge in [0.15, 0.2) is 0 Å². The third kappa shape index (κ3) is 29.6. The summed E-state index contributed by atoms with van der Waals surface area (Å²) in [5.41, 5.74) is 0. The van der Waals surface area contributed by atoms with Crippen molar-refractivity contribution < 1.29 is 0 Å². The van der Waals surface area contributed by atoms with Crippen molar-refractivity contribution >= 4 is 0 Å². The van der Waals surface area contributed by atoms with Crippen LogP contribution in [0.3, 0.4) is 0 Å². The molecular formula is C14H32. The standard InChI is InChI=1S/C7H16.C4H8.C3H8/c1-3-5-7-6-4-2;1-4-2-3-4;1-3-2/h3-7H2,1-2H3;4H,2-3H2,1H3;3H2,1-2H3. The van der Waals surface area contributed by atoms with Gasteiger partial charge in [-0.2, -0.15) is 0 Å². The Kier molecular flexibility index (Phi) is 18.2. The lowest BCUT2D eigenvalue weighted by Gasteiger charge is -1.90. The first-order valence-electron chi connectivity index (χ1n) is 6.72. The maximum atomic E-state index is 2.28. The Morgan fingerprint density at radius 3 is 1.21 bits per heavy atom. The van der Waals surface area contributed by atoms with E-state index in [9.17, 15) is 0 Å². The maximum absolute atomic E-state index is 2.28. The van der Waals surface area contributed by atoms with Gasteiger partial charge in [0, 0.05) is 0 Å². The van der Waals surface area contributed by atoms with Gasteiger partial charge in [-0.15, -0.1) is 0 Å². The molecule has 1 saturated carbocycles. The van der Waals surface area contributed by atoms with Crippen LogP contribution >= 0.6 is 0 Å². The van der Waals surface area contributed by atoms with E-state index in [1.165, 1.54) is 51.4 Å². The number of hydrogen-bond acceptors (Lipinski definition) is 0. The molecule has 0 aromatic carbocycles. The summed E-state index contributed by atoms with van der Waals surface area (Å²) in [5.74, 6) is 1.08. The molecule has 0 aliphatic heterocycles. The lowest BCUT2D eigenvalue weighted by atomic mass is 10.2. The molecule has 14 heavy (non-hydrogen) atoms. The molecule has 0 atom stereocenters. The highest BCUT2D eigenvalue weighted by Gasteiger charge is 2.12. The molecule has 1 aliphatic rings. The third-order valence-electron chi connectivity index (χ3n) is 2.07. The molecule has 0 aromatic rings. The smallest absolute Gasteiger partial charge is 0.0443 e. The summed E-state index contributed by atoms with van der Waals surface area (Å²) in [5, 5.41) is 0. The van der Waals surface area contributed by atoms with Crippen molar-refractivity contribution in [3.05, 3.63) is 0 Å². The second-order valence-corrected chi connectivity index (χ2v) is 4.45. The summed E-state index contributed by atoms with van der Waals surface area (Å²) in [6, 6.07) is 0. The highest BCUT2D eigenvalue weighted by atomic mass is 14.2. The molecule has 0 N–H and O–H groups in total. The van der Waals surface area contributed by atoms with E-state index in [0.717, 1.165) is 5.92 Å². The minimum absolute atomic E-state index is 1.08. The number of hydrogen-bond donors (Lipinski definition) is 0. The molecule has 1 rings (SSSR count). The largest absolute Gasteiger partial charge is 0.0656 e. The Morgan fingerprint density at radius 1 is 0.786 bits per heavy atom. The van der Waals surface area contributed by atoms with E-state index in [-0.39, 0.29) is 0 Å². The summed E-state index contributed by atoms with van der Waals surface area (Å²) in [7, 11) is 0. The zero-order chi connectivity index (χ0) is 11.2. The van der Waals surface area contributed by atoms with Gasteiger partial charge >= 0.3 is 0 Å². The summed E-state index contributed by atoms with van der Waals surface area (Å²) >= 11 is 0. The second-order valence-electron chi connectivity index (χ2n) is 4.45. The highest BCUT2D eigenvalue weighted by Crippen LogP contribution is 2.26. The molecule has 0 spiro atoms. The Labute approximate surface area is 92.5 Å². The van der Waals surface area contributed by atoms with Crippen LogP contribution in [0.25, 0.3) is 0 Å². The van der Waals surface area contributed by atoms with E-state index < -0.39 is 0 Å². The van der Waals surface area contributed by atoms with Crippen LogP contribution in [0.1, 0.15) is 86.0 Å². The fourth-order valence-electron chi connectivity index (χ4n) is 0.843. The Bertz CT molecular complexity index is 68.1. The summed E-state index contributed by atoms with van der Waals surface area (Å²) in [6.45, 7) is 11.0.